The van der Waals surface area contributed by atoms with E-state index in [2.05, 4.69) is 12.3 Å². The highest BCUT2D eigenvalue weighted by Gasteiger charge is 2.07. The van der Waals surface area contributed by atoms with Gasteiger partial charge in [0.2, 0.25) is 5.91 Å². The van der Waals surface area contributed by atoms with Crippen molar-refractivity contribution in [1.29, 1.82) is 0 Å². The van der Waals surface area contributed by atoms with E-state index in [1.54, 1.807) is 0 Å². The van der Waals surface area contributed by atoms with E-state index in [0.717, 1.165) is 29.5 Å². The number of carbonyl (C=O) groups is 1. The lowest BCUT2D eigenvalue weighted by Gasteiger charge is -2.10. The van der Waals surface area contributed by atoms with Crippen molar-refractivity contribution >= 4 is 5.91 Å². The molecule has 1 amide bonds. The van der Waals surface area contributed by atoms with Gasteiger partial charge in [0.15, 0.2) is 0 Å². The summed E-state index contributed by atoms with van der Waals surface area (Å²) >= 11 is 0. The van der Waals surface area contributed by atoms with Crippen molar-refractivity contribution < 1.29 is 9.90 Å². The smallest absolute Gasteiger partial charge is 0.234 e. The molecule has 0 aliphatic carbocycles. The molecule has 0 aromatic heterocycles. The van der Waals surface area contributed by atoms with Gasteiger partial charge in [-0.05, 0) is 36.5 Å². The summed E-state index contributed by atoms with van der Waals surface area (Å²) in [5.74, 6) is 5.23. The fourth-order valence-corrected chi connectivity index (χ4v) is 1.87. The Labute approximate surface area is 102 Å². The molecule has 0 radical (unpaired) electrons. The maximum Gasteiger partial charge on any atom is 0.234 e. The van der Waals surface area contributed by atoms with Gasteiger partial charge in [0.25, 0.3) is 0 Å². The van der Waals surface area contributed by atoms with Gasteiger partial charge < -0.3 is 5.11 Å². The summed E-state index contributed by atoms with van der Waals surface area (Å²) in [6.07, 6.45) is 2.84. The molecule has 1 rings (SSSR count). The summed E-state index contributed by atoms with van der Waals surface area (Å²) in [4.78, 5) is 11.1. The molecule has 0 spiro atoms. The van der Waals surface area contributed by atoms with Crippen LogP contribution in [0.25, 0.3) is 0 Å². The highest BCUT2D eigenvalue weighted by Crippen LogP contribution is 2.25. The van der Waals surface area contributed by atoms with E-state index in [-0.39, 0.29) is 5.91 Å². The van der Waals surface area contributed by atoms with E-state index in [1.165, 1.54) is 0 Å². The lowest BCUT2D eigenvalue weighted by Crippen LogP contribution is -2.30. The molecule has 0 aliphatic heterocycles. The molecule has 0 bridgehead atoms. The van der Waals surface area contributed by atoms with Gasteiger partial charge in [0, 0.05) is 6.42 Å². The normalized spacial score (nSPS) is 10.3. The van der Waals surface area contributed by atoms with E-state index < -0.39 is 0 Å². The van der Waals surface area contributed by atoms with Crippen LogP contribution in [0.15, 0.2) is 12.1 Å². The largest absolute Gasteiger partial charge is 0.507 e. The molecule has 0 fully saturated rings. The standard InChI is InChI=1S/C13H20N2O2/c1-3-4-11-8-10(5-6-12(16)15-14)7-9(2)13(11)17/h7-8,17H,3-6,14H2,1-2H3,(H,15,16). The molecule has 0 aliphatic rings. The minimum atomic E-state index is -0.173. The zero-order valence-electron chi connectivity index (χ0n) is 10.4. The number of aryl methyl sites for hydroxylation is 3. The average Bonchev–Trinajstić information content (AvgIpc) is 2.32. The molecule has 94 valence electrons. The molecule has 0 heterocycles. The van der Waals surface area contributed by atoms with Gasteiger partial charge in [-0.15, -0.1) is 0 Å². The third kappa shape index (κ3) is 3.75. The van der Waals surface area contributed by atoms with Gasteiger partial charge >= 0.3 is 0 Å². The van der Waals surface area contributed by atoms with Crippen LogP contribution in [0.5, 0.6) is 5.75 Å². The molecule has 0 unspecified atom stereocenters. The van der Waals surface area contributed by atoms with Crippen molar-refractivity contribution in [3.63, 3.8) is 0 Å². The summed E-state index contributed by atoms with van der Waals surface area (Å²) in [7, 11) is 0. The first kappa shape index (κ1) is 13.5. The van der Waals surface area contributed by atoms with Gasteiger partial charge in [-0.3, -0.25) is 10.2 Å². The molecule has 4 nitrogen and oxygen atoms in total. The molecule has 0 saturated carbocycles. The number of hydrogen-bond acceptors (Lipinski definition) is 3. The molecule has 4 heteroatoms. The van der Waals surface area contributed by atoms with Crippen molar-refractivity contribution in [1.82, 2.24) is 5.43 Å². The molecule has 17 heavy (non-hydrogen) atoms. The van der Waals surface area contributed by atoms with Crippen LogP contribution in [-0.4, -0.2) is 11.0 Å². The van der Waals surface area contributed by atoms with Crippen molar-refractivity contribution in [2.24, 2.45) is 5.84 Å². The van der Waals surface area contributed by atoms with E-state index >= 15 is 0 Å². The SMILES string of the molecule is CCCc1cc(CCC(=O)NN)cc(C)c1O. The average molecular weight is 236 g/mol. The zero-order chi connectivity index (χ0) is 12.8. The third-order valence-electron chi connectivity index (χ3n) is 2.76. The third-order valence-corrected chi connectivity index (χ3v) is 2.76. The number of carbonyl (C=O) groups excluding carboxylic acids is 1. The van der Waals surface area contributed by atoms with Crippen molar-refractivity contribution in [3.8, 4) is 5.75 Å². The van der Waals surface area contributed by atoms with Crippen LogP contribution < -0.4 is 11.3 Å². The lowest BCUT2D eigenvalue weighted by atomic mass is 9.99. The number of nitrogens with one attached hydrogen (secondary N) is 1. The second-order valence-electron chi connectivity index (χ2n) is 4.24. The molecular weight excluding hydrogens is 216 g/mol. The number of rotatable bonds is 5. The predicted octanol–water partition coefficient (Wildman–Crippen LogP) is 1.58. The Kier molecular flexibility index (Phi) is 4.97. The Morgan fingerprint density at radius 2 is 2.12 bits per heavy atom. The molecule has 0 saturated heterocycles. The van der Waals surface area contributed by atoms with Crippen LogP contribution in [0.3, 0.4) is 0 Å². The van der Waals surface area contributed by atoms with Crippen molar-refractivity contribution in [2.45, 2.75) is 39.5 Å². The van der Waals surface area contributed by atoms with Gasteiger partial charge in [-0.2, -0.15) is 0 Å². The van der Waals surface area contributed by atoms with Crippen molar-refractivity contribution in [3.05, 3.63) is 28.8 Å². The number of hydrazine groups is 1. The Morgan fingerprint density at radius 1 is 1.41 bits per heavy atom. The maximum atomic E-state index is 11.1. The van der Waals surface area contributed by atoms with Crippen LogP contribution in [0.4, 0.5) is 0 Å². The Hall–Kier alpha value is -1.55. The summed E-state index contributed by atoms with van der Waals surface area (Å²) in [5.41, 5.74) is 4.99. The number of amides is 1. The quantitative estimate of drug-likeness (QED) is 0.413. The number of phenolic OH excluding ortho intramolecular Hbond substituents is 1. The summed E-state index contributed by atoms with van der Waals surface area (Å²) < 4.78 is 0. The first-order valence-corrected chi connectivity index (χ1v) is 5.89. The molecular formula is C13H20N2O2. The van der Waals surface area contributed by atoms with Crippen molar-refractivity contribution in [2.75, 3.05) is 0 Å². The van der Waals surface area contributed by atoms with E-state index in [1.807, 2.05) is 19.1 Å². The minimum Gasteiger partial charge on any atom is -0.507 e. The van der Waals surface area contributed by atoms with Crippen LogP contribution in [0.1, 0.15) is 36.5 Å². The summed E-state index contributed by atoms with van der Waals surface area (Å²) in [5, 5.41) is 9.88. The first-order chi connectivity index (χ1) is 8.08. The van der Waals surface area contributed by atoms with Crippen LogP contribution >= 0.6 is 0 Å². The molecule has 4 N–H and O–H groups in total. The van der Waals surface area contributed by atoms with Gasteiger partial charge in [-0.1, -0.05) is 25.5 Å². The Balaban J connectivity index is 2.82. The van der Waals surface area contributed by atoms with E-state index in [4.69, 9.17) is 5.84 Å². The Morgan fingerprint density at radius 3 is 2.71 bits per heavy atom. The fraction of sp³-hybridized carbons (Fsp3) is 0.462. The Bertz CT molecular complexity index is 403. The molecule has 0 atom stereocenters. The topological polar surface area (TPSA) is 75.4 Å². The highest BCUT2D eigenvalue weighted by molar-refractivity contribution is 5.75. The van der Waals surface area contributed by atoms with E-state index in [0.29, 0.717) is 18.6 Å². The summed E-state index contributed by atoms with van der Waals surface area (Å²) in [6, 6.07) is 3.88. The number of hydrogen-bond donors (Lipinski definition) is 3. The first-order valence-electron chi connectivity index (χ1n) is 5.89. The molecule has 1 aromatic carbocycles. The lowest BCUT2D eigenvalue weighted by molar-refractivity contribution is -0.121. The number of aromatic hydroxyl groups is 1. The van der Waals surface area contributed by atoms with Crippen LogP contribution in [-0.2, 0) is 17.6 Å². The fourth-order valence-electron chi connectivity index (χ4n) is 1.87. The predicted molar refractivity (Wildman–Crippen MR) is 67.5 cm³/mol. The maximum absolute atomic E-state index is 11.1. The number of phenols is 1. The second-order valence-corrected chi connectivity index (χ2v) is 4.24. The van der Waals surface area contributed by atoms with Gasteiger partial charge in [0.05, 0.1) is 0 Å². The van der Waals surface area contributed by atoms with E-state index in [9.17, 15) is 9.90 Å². The minimum absolute atomic E-state index is 0.173. The molecule has 1 aromatic rings. The monoisotopic (exact) mass is 236 g/mol. The van der Waals surface area contributed by atoms with Gasteiger partial charge in [-0.25, -0.2) is 5.84 Å². The number of nitrogens with two attached hydrogens (primary N) is 1. The highest BCUT2D eigenvalue weighted by atomic mass is 16.3. The second kappa shape index (κ2) is 6.25. The number of benzene rings is 1. The van der Waals surface area contributed by atoms with Crippen LogP contribution in [0.2, 0.25) is 0 Å². The summed E-state index contributed by atoms with van der Waals surface area (Å²) in [6.45, 7) is 3.95. The van der Waals surface area contributed by atoms with Gasteiger partial charge in [0.1, 0.15) is 5.75 Å². The van der Waals surface area contributed by atoms with Crippen LogP contribution in [0, 0.1) is 6.92 Å². The zero-order valence-corrected chi connectivity index (χ0v) is 10.4.